The molecule has 0 aromatic heterocycles. The Morgan fingerprint density at radius 2 is 1.70 bits per heavy atom. The second-order valence-electron chi connectivity index (χ2n) is 8.52. The Kier molecular flexibility index (Phi) is 10.4. The number of guanidine groups is 1. The van der Waals surface area contributed by atoms with Crippen LogP contribution in [0.5, 0.6) is 0 Å². The summed E-state index contributed by atoms with van der Waals surface area (Å²) in [6, 6.07) is 0. The molecule has 0 aromatic rings. The van der Waals surface area contributed by atoms with E-state index in [0.29, 0.717) is 31.5 Å². The highest BCUT2D eigenvalue weighted by atomic mass is 16.5. The van der Waals surface area contributed by atoms with Crippen molar-refractivity contribution in [3.05, 3.63) is 0 Å². The molecule has 0 radical (unpaired) electrons. The van der Waals surface area contributed by atoms with Gasteiger partial charge in [-0.3, -0.25) is 14.5 Å². The monoisotopic (exact) mass is 424 g/mol. The third-order valence-corrected chi connectivity index (χ3v) is 5.59. The van der Waals surface area contributed by atoms with Gasteiger partial charge >= 0.3 is 0 Å². The van der Waals surface area contributed by atoms with Crippen LogP contribution < -0.4 is 10.6 Å². The summed E-state index contributed by atoms with van der Waals surface area (Å²) < 4.78 is 4.94. The summed E-state index contributed by atoms with van der Waals surface area (Å²) in [5.74, 6) is 2.05. The van der Waals surface area contributed by atoms with Crippen molar-refractivity contribution in [3.63, 3.8) is 0 Å². The minimum atomic E-state index is -0.114. The lowest BCUT2D eigenvalue weighted by molar-refractivity contribution is -0.135. The zero-order chi connectivity index (χ0) is 21.9. The molecule has 0 saturated carbocycles. The fourth-order valence-electron chi connectivity index (χ4n) is 4.20. The molecule has 0 spiro atoms. The molecule has 2 N–H and O–H groups in total. The molecule has 2 aliphatic heterocycles. The Bertz CT molecular complexity index is 567. The molecule has 0 aliphatic carbocycles. The number of piperidine rings is 1. The molecule has 2 aliphatic rings. The number of carbonyl (C=O) groups is 2. The molecule has 2 rings (SSSR count). The van der Waals surface area contributed by atoms with Gasteiger partial charge < -0.3 is 25.2 Å². The maximum Gasteiger partial charge on any atom is 0.241 e. The van der Waals surface area contributed by atoms with E-state index in [1.807, 2.05) is 11.8 Å². The van der Waals surface area contributed by atoms with Crippen LogP contribution in [-0.4, -0.2) is 112 Å². The van der Waals surface area contributed by atoms with E-state index < -0.39 is 0 Å². The highest BCUT2D eigenvalue weighted by Gasteiger charge is 2.28. The number of nitrogens with one attached hydrogen (secondary N) is 2. The van der Waals surface area contributed by atoms with Crippen molar-refractivity contribution in [2.24, 2.45) is 16.8 Å². The van der Waals surface area contributed by atoms with Gasteiger partial charge in [0.15, 0.2) is 5.96 Å². The number of hydrogen-bond donors (Lipinski definition) is 2. The highest BCUT2D eigenvalue weighted by Crippen LogP contribution is 2.21. The Labute approximate surface area is 181 Å². The van der Waals surface area contributed by atoms with Gasteiger partial charge in [-0.1, -0.05) is 13.8 Å². The summed E-state index contributed by atoms with van der Waals surface area (Å²) >= 11 is 0. The molecular weight excluding hydrogens is 384 g/mol. The number of amides is 2. The topological polar surface area (TPSA) is 89.5 Å². The van der Waals surface area contributed by atoms with E-state index in [-0.39, 0.29) is 18.4 Å². The Hall–Kier alpha value is -1.87. The number of piperazine rings is 1. The zero-order valence-electron chi connectivity index (χ0n) is 19.2. The van der Waals surface area contributed by atoms with Crippen molar-refractivity contribution in [3.8, 4) is 0 Å². The van der Waals surface area contributed by atoms with Gasteiger partial charge in [-0.05, 0) is 25.2 Å². The van der Waals surface area contributed by atoms with Gasteiger partial charge in [0.05, 0.1) is 13.2 Å². The average Bonchev–Trinajstić information content (AvgIpc) is 2.71. The molecule has 9 nitrogen and oxygen atoms in total. The zero-order valence-corrected chi connectivity index (χ0v) is 19.2. The number of likely N-dealkylation sites (tertiary alicyclic amines) is 1. The van der Waals surface area contributed by atoms with E-state index in [1.165, 1.54) is 6.42 Å². The van der Waals surface area contributed by atoms with Crippen LogP contribution in [0.25, 0.3) is 0 Å². The summed E-state index contributed by atoms with van der Waals surface area (Å²) in [7, 11) is 1.61. The van der Waals surface area contributed by atoms with Gasteiger partial charge in [-0.15, -0.1) is 0 Å². The number of methoxy groups -OCH3 is 1. The summed E-state index contributed by atoms with van der Waals surface area (Å²) in [6.45, 7) is 13.8. The van der Waals surface area contributed by atoms with E-state index in [9.17, 15) is 9.59 Å². The minimum absolute atomic E-state index is 0.0933. The third-order valence-electron chi connectivity index (χ3n) is 5.59. The van der Waals surface area contributed by atoms with Crippen LogP contribution in [0, 0.1) is 11.8 Å². The molecule has 2 fully saturated rings. The lowest BCUT2D eigenvalue weighted by Gasteiger charge is -2.39. The number of aliphatic imine (C=N–C) groups is 1. The van der Waals surface area contributed by atoms with Crippen LogP contribution in [0.3, 0.4) is 0 Å². The van der Waals surface area contributed by atoms with Crippen molar-refractivity contribution in [2.75, 3.05) is 79.2 Å². The molecule has 2 amide bonds. The largest absolute Gasteiger partial charge is 0.383 e. The van der Waals surface area contributed by atoms with Gasteiger partial charge in [0.1, 0.15) is 6.54 Å². The minimum Gasteiger partial charge on any atom is -0.383 e. The smallest absolute Gasteiger partial charge is 0.241 e. The van der Waals surface area contributed by atoms with E-state index >= 15 is 0 Å². The van der Waals surface area contributed by atoms with Crippen LogP contribution in [0.15, 0.2) is 4.99 Å². The van der Waals surface area contributed by atoms with Crippen LogP contribution in [0.4, 0.5) is 0 Å². The Morgan fingerprint density at radius 3 is 2.30 bits per heavy atom. The summed E-state index contributed by atoms with van der Waals surface area (Å²) in [5.41, 5.74) is 0. The second-order valence-corrected chi connectivity index (χ2v) is 8.52. The van der Waals surface area contributed by atoms with Crippen molar-refractivity contribution in [1.82, 2.24) is 25.3 Å². The molecule has 2 saturated heterocycles. The second kappa shape index (κ2) is 12.7. The van der Waals surface area contributed by atoms with Gasteiger partial charge in [0, 0.05) is 59.5 Å². The van der Waals surface area contributed by atoms with Crippen LogP contribution in [0.1, 0.15) is 27.2 Å². The summed E-state index contributed by atoms with van der Waals surface area (Å²) in [6.07, 6.45) is 1.21. The molecule has 2 atom stereocenters. The van der Waals surface area contributed by atoms with E-state index in [4.69, 9.17) is 4.74 Å². The van der Waals surface area contributed by atoms with E-state index in [2.05, 4.69) is 39.3 Å². The molecule has 9 heteroatoms. The maximum absolute atomic E-state index is 12.7. The lowest BCUT2D eigenvalue weighted by Crippen LogP contribution is -2.55. The van der Waals surface area contributed by atoms with Crippen LogP contribution >= 0.6 is 0 Å². The maximum atomic E-state index is 12.7. The van der Waals surface area contributed by atoms with Crippen LogP contribution in [0.2, 0.25) is 0 Å². The number of rotatable bonds is 8. The molecule has 30 heavy (non-hydrogen) atoms. The predicted octanol–water partition coefficient (Wildman–Crippen LogP) is -0.163. The predicted molar refractivity (Wildman–Crippen MR) is 118 cm³/mol. The lowest BCUT2D eigenvalue weighted by atomic mass is 9.92. The van der Waals surface area contributed by atoms with Gasteiger partial charge in [-0.2, -0.15) is 0 Å². The number of nitrogens with zero attached hydrogens (tertiary/aromatic N) is 4. The first-order chi connectivity index (χ1) is 14.4. The fourth-order valence-corrected chi connectivity index (χ4v) is 4.20. The molecule has 2 unspecified atom stereocenters. The molecule has 0 aromatic carbocycles. The Balaban J connectivity index is 1.79. The molecule has 2 heterocycles. The summed E-state index contributed by atoms with van der Waals surface area (Å²) in [5, 5.41) is 6.05. The fraction of sp³-hybridized carbons (Fsp3) is 0.857. The van der Waals surface area contributed by atoms with Gasteiger partial charge in [-0.25, -0.2) is 4.99 Å². The first-order valence-electron chi connectivity index (χ1n) is 11.2. The van der Waals surface area contributed by atoms with E-state index in [0.717, 1.165) is 51.8 Å². The SMILES string of the molecule is CCNC(=NCC(=O)NCCOC)N1CCN(CC(=O)N2CC(C)CC(C)C2)CC1. The summed E-state index contributed by atoms with van der Waals surface area (Å²) in [4.78, 5) is 35.6. The molecule has 0 bridgehead atoms. The van der Waals surface area contributed by atoms with Crippen molar-refractivity contribution < 1.29 is 14.3 Å². The van der Waals surface area contributed by atoms with Gasteiger partial charge in [0.25, 0.3) is 0 Å². The first-order valence-corrected chi connectivity index (χ1v) is 11.2. The van der Waals surface area contributed by atoms with Gasteiger partial charge in [0.2, 0.25) is 11.8 Å². The highest BCUT2D eigenvalue weighted by molar-refractivity contribution is 5.85. The number of ether oxygens (including phenoxy) is 1. The van der Waals surface area contributed by atoms with Crippen molar-refractivity contribution in [2.45, 2.75) is 27.2 Å². The molecule has 172 valence electrons. The number of carbonyl (C=O) groups excluding carboxylic acids is 2. The van der Waals surface area contributed by atoms with E-state index in [1.54, 1.807) is 7.11 Å². The normalized spacial score (nSPS) is 23.4. The van der Waals surface area contributed by atoms with Crippen molar-refractivity contribution in [1.29, 1.82) is 0 Å². The Morgan fingerprint density at radius 1 is 1.03 bits per heavy atom. The molecular formula is C21H40N6O3. The van der Waals surface area contributed by atoms with Crippen molar-refractivity contribution >= 4 is 17.8 Å². The third kappa shape index (κ3) is 8.10. The average molecular weight is 425 g/mol. The first kappa shape index (κ1) is 24.4. The quantitative estimate of drug-likeness (QED) is 0.320. The van der Waals surface area contributed by atoms with Crippen LogP contribution in [-0.2, 0) is 14.3 Å². The number of hydrogen-bond acceptors (Lipinski definition) is 5. The standard InChI is InChI=1S/C21H40N6O3/c1-5-22-21(24-13-19(28)23-6-11-30-4)26-9-7-25(8-10-26)16-20(29)27-14-17(2)12-18(3)15-27/h17-18H,5-16H2,1-4H3,(H,22,24)(H,23,28).